The summed E-state index contributed by atoms with van der Waals surface area (Å²) < 4.78 is 20.4. The number of aromatic hydroxyl groups is 1. The van der Waals surface area contributed by atoms with Crippen LogP contribution in [0.2, 0.25) is 0 Å². The normalized spacial score (nSPS) is 10.4. The SMILES string of the molecule is Oc1cccc(-n2cc(Oc3ccccc3F)cn2)c1. The third-order valence-corrected chi connectivity index (χ3v) is 2.72. The number of ether oxygens (including phenoxy) is 1. The summed E-state index contributed by atoms with van der Waals surface area (Å²) in [6.07, 6.45) is 3.09. The maximum atomic E-state index is 13.5. The zero-order valence-corrected chi connectivity index (χ0v) is 10.4. The van der Waals surface area contributed by atoms with Crippen molar-refractivity contribution < 1.29 is 14.2 Å². The number of benzene rings is 2. The minimum atomic E-state index is -0.433. The second kappa shape index (κ2) is 5.05. The quantitative estimate of drug-likeness (QED) is 0.792. The molecule has 0 aliphatic heterocycles. The molecule has 0 radical (unpaired) electrons. The highest BCUT2D eigenvalue weighted by molar-refractivity contribution is 5.39. The molecule has 20 heavy (non-hydrogen) atoms. The standard InChI is InChI=1S/C15H11FN2O2/c16-14-6-1-2-7-15(14)20-13-9-17-18(10-13)11-4-3-5-12(19)8-11/h1-10,19H. The predicted molar refractivity (Wildman–Crippen MR) is 71.7 cm³/mol. The van der Waals surface area contributed by atoms with Crippen molar-refractivity contribution in [1.82, 2.24) is 9.78 Å². The first-order chi connectivity index (χ1) is 9.72. The van der Waals surface area contributed by atoms with Crippen molar-refractivity contribution in [2.75, 3.05) is 0 Å². The Kier molecular flexibility index (Phi) is 3.09. The number of hydrogen-bond acceptors (Lipinski definition) is 3. The average molecular weight is 270 g/mol. The van der Waals surface area contributed by atoms with Crippen LogP contribution in [-0.4, -0.2) is 14.9 Å². The van der Waals surface area contributed by atoms with E-state index in [1.54, 1.807) is 48.7 Å². The lowest BCUT2D eigenvalue weighted by Gasteiger charge is -2.03. The summed E-state index contributed by atoms with van der Waals surface area (Å²) >= 11 is 0. The molecule has 0 atom stereocenters. The van der Waals surface area contributed by atoms with Crippen molar-refractivity contribution in [2.24, 2.45) is 0 Å². The summed E-state index contributed by atoms with van der Waals surface area (Å²) in [5.41, 5.74) is 0.688. The highest BCUT2D eigenvalue weighted by Gasteiger charge is 2.06. The van der Waals surface area contributed by atoms with Crippen LogP contribution < -0.4 is 4.74 Å². The molecular formula is C15H11FN2O2. The van der Waals surface area contributed by atoms with Gasteiger partial charge in [0.25, 0.3) is 0 Å². The Morgan fingerprint density at radius 1 is 1.10 bits per heavy atom. The molecule has 1 heterocycles. The van der Waals surface area contributed by atoms with Gasteiger partial charge in [-0.1, -0.05) is 18.2 Å². The molecule has 5 heteroatoms. The van der Waals surface area contributed by atoms with Crippen molar-refractivity contribution >= 4 is 0 Å². The number of para-hydroxylation sites is 1. The van der Waals surface area contributed by atoms with Crippen LogP contribution in [0.15, 0.2) is 60.9 Å². The molecule has 3 aromatic rings. The second-order valence-electron chi connectivity index (χ2n) is 4.17. The Morgan fingerprint density at radius 2 is 1.95 bits per heavy atom. The lowest BCUT2D eigenvalue weighted by molar-refractivity contribution is 0.442. The van der Waals surface area contributed by atoms with E-state index >= 15 is 0 Å². The molecule has 1 N–H and O–H groups in total. The summed E-state index contributed by atoms with van der Waals surface area (Å²) in [7, 11) is 0. The van der Waals surface area contributed by atoms with E-state index in [0.29, 0.717) is 11.4 Å². The van der Waals surface area contributed by atoms with Crippen LogP contribution in [0.3, 0.4) is 0 Å². The Labute approximate surface area is 114 Å². The van der Waals surface area contributed by atoms with E-state index in [0.717, 1.165) is 0 Å². The van der Waals surface area contributed by atoms with Gasteiger partial charge in [-0.2, -0.15) is 5.10 Å². The van der Waals surface area contributed by atoms with Gasteiger partial charge in [0.2, 0.25) is 0 Å². The van der Waals surface area contributed by atoms with Gasteiger partial charge >= 0.3 is 0 Å². The molecule has 3 rings (SSSR count). The van der Waals surface area contributed by atoms with E-state index < -0.39 is 5.82 Å². The molecule has 0 saturated carbocycles. The fourth-order valence-electron chi connectivity index (χ4n) is 1.79. The van der Waals surface area contributed by atoms with Gasteiger partial charge in [0.05, 0.1) is 18.1 Å². The highest BCUT2D eigenvalue weighted by atomic mass is 19.1. The molecule has 0 spiro atoms. The molecule has 0 saturated heterocycles. The topological polar surface area (TPSA) is 47.3 Å². The number of rotatable bonds is 3. The average Bonchev–Trinajstić information content (AvgIpc) is 2.90. The Bertz CT molecular complexity index is 740. The number of aromatic nitrogens is 2. The number of hydrogen-bond donors (Lipinski definition) is 1. The van der Waals surface area contributed by atoms with Gasteiger partial charge in [-0.15, -0.1) is 0 Å². The lowest BCUT2D eigenvalue weighted by atomic mass is 10.3. The van der Waals surface area contributed by atoms with Crippen molar-refractivity contribution in [2.45, 2.75) is 0 Å². The predicted octanol–water partition coefficient (Wildman–Crippen LogP) is 3.51. The summed E-state index contributed by atoms with van der Waals surface area (Å²) in [4.78, 5) is 0. The van der Waals surface area contributed by atoms with E-state index in [4.69, 9.17) is 4.74 Å². The molecule has 0 bridgehead atoms. The van der Waals surface area contributed by atoms with E-state index in [-0.39, 0.29) is 11.5 Å². The minimum Gasteiger partial charge on any atom is -0.508 e. The molecule has 0 fully saturated rings. The summed E-state index contributed by atoms with van der Waals surface area (Å²) in [6.45, 7) is 0. The van der Waals surface area contributed by atoms with Crippen molar-refractivity contribution in [1.29, 1.82) is 0 Å². The number of halogens is 1. The first-order valence-corrected chi connectivity index (χ1v) is 5.99. The lowest BCUT2D eigenvalue weighted by Crippen LogP contribution is -1.93. The smallest absolute Gasteiger partial charge is 0.165 e. The zero-order chi connectivity index (χ0) is 13.9. The Hall–Kier alpha value is -2.82. The Morgan fingerprint density at radius 3 is 2.75 bits per heavy atom. The monoisotopic (exact) mass is 270 g/mol. The van der Waals surface area contributed by atoms with Crippen LogP contribution in [0.1, 0.15) is 0 Å². The van der Waals surface area contributed by atoms with Crippen molar-refractivity contribution in [3.8, 4) is 22.9 Å². The van der Waals surface area contributed by atoms with Crippen LogP contribution in [0.25, 0.3) is 5.69 Å². The van der Waals surface area contributed by atoms with Crippen LogP contribution in [-0.2, 0) is 0 Å². The molecule has 0 aliphatic rings. The van der Waals surface area contributed by atoms with Gasteiger partial charge in [-0.05, 0) is 24.3 Å². The molecular weight excluding hydrogens is 259 g/mol. The highest BCUT2D eigenvalue weighted by Crippen LogP contribution is 2.24. The first-order valence-electron chi connectivity index (χ1n) is 5.99. The third kappa shape index (κ3) is 2.47. The van der Waals surface area contributed by atoms with Crippen molar-refractivity contribution in [3.05, 3.63) is 66.7 Å². The fourth-order valence-corrected chi connectivity index (χ4v) is 1.79. The molecule has 0 amide bonds. The Balaban J connectivity index is 1.86. The molecule has 0 unspecified atom stereocenters. The third-order valence-electron chi connectivity index (χ3n) is 2.72. The largest absolute Gasteiger partial charge is 0.508 e. The van der Waals surface area contributed by atoms with E-state index in [2.05, 4.69) is 5.10 Å². The van der Waals surface area contributed by atoms with Gasteiger partial charge < -0.3 is 9.84 Å². The van der Waals surface area contributed by atoms with Crippen LogP contribution in [0.4, 0.5) is 4.39 Å². The number of nitrogens with zero attached hydrogens (tertiary/aromatic N) is 2. The molecule has 4 nitrogen and oxygen atoms in total. The minimum absolute atomic E-state index is 0.142. The van der Waals surface area contributed by atoms with Gasteiger partial charge in [0.1, 0.15) is 5.75 Å². The number of phenols is 1. The molecule has 0 aliphatic carbocycles. The van der Waals surface area contributed by atoms with E-state index in [1.165, 1.54) is 16.9 Å². The summed E-state index contributed by atoms with van der Waals surface area (Å²) in [6, 6.07) is 12.8. The summed E-state index contributed by atoms with van der Waals surface area (Å²) in [5, 5.41) is 13.5. The van der Waals surface area contributed by atoms with Gasteiger partial charge in [-0.25, -0.2) is 9.07 Å². The van der Waals surface area contributed by atoms with E-state index in [1.807, 2.05) is 0 Å². The first kappa shape index (κ1) is 12.2. The zero-order valence-electron chi connectivity index (χ0n) is 10.4. The maximum Gasteiger partial charge on any atom is 0.165 e. The van der Waals surface area contributed by atoms with Crippen molar-refractivity contribution in [3.63, 3.8) is 0 Å². The second-order valence-corrected chi connectivity index (χ2v) is 4.17. The van der Waals surface area contributed by atoms with Crippen LogP contribution in [0.5, 0.6) is 17.2 Å². The van der Waals surface area contributed by atoms with Crippen LogP contribution in [0, 0.1) is 5.82 Å². The van der Waals surface area contributed by atoms with Gasteiger partial charge in [-0.3, -0.25) is 0 Å². The van der Waals surface area contributed by atoms with Gasteiger partial charge in [0, 0.05) is 6.07 Å². The molecule has 100 valence electrons. The molecule has 2 aromatic carbocycles. The number of phenolic OH excluding ortho intramolecular Hbond substituents is 1. The fraction of sp³-hybridized carbons (Fsp3) is 0. The van der Waals surface area contributed by atoms with Gasteiger partial charge in [0.15, 0.2) is 17.3 Å². The molecule has 1 aromatic heterocycles. The summed E-state index contributed by atoms with van der Waals surface area (Å²) in [5.74, 6) is 0.272. The van der Waals surface area contributed by atoms with E-state index in [9.17, 15) is 9.50 Å². The van der Waals surface area contributed by atoms with Crippen LogP contribution >= 0.6 is 0 Å². The maximum absolute atomic E-state index is 13.5.